The van der Waals surface area contributed by atoms with E-state index in [1.54, 1.807) is 0 Å². The molecule has 12 heavy (non-hydrogen) atoms. The molecule has 0 unspecified atom stereocenters. The number of hydrogen-bond donors (Lipinski definition) is 0. The normalized spacial score (nSPS) is 9.50. The van der Waals surface area contributed by atoms with Gasteiger partial charge in [-0.3, -0.25) is 10.1 Å². The molecule has 0 aliphatic heterocycles. The van der Waals surface area contributed by atoms with Crippen molar-refractivity contribution in [1.29, 1.82) is 0 Å². The molecule has 0 N–H and O–H groups in total. The SMILES string of the molecule is COc1nc(I)ncc1[N+](=O)[O-]. The van der Waals surface area contributed by atoms with Gasteiger partial charge in [0.2, 0.25) is 0 Å². The Morgan fingerprint density at radius 3 is 2.92 bits per heavy atom. The molecule has 6 nitrogen and oxygen atoms in total. The summed E-state index contributed by atoms with van der Waals surface area (Å²) in [7, 11) is 1.32. The quantitative estimate of drug-likeness (QED) is 0.350. The smallest absolute Gasteiger partial charge is 0.349 e. The highest BCUT2D eigenvalue weighted by Crippen LogP contribution is 2.22. The first-order chi connectivity index (χ1) is 5.65. The molecular weight excluding hydrogens is 277 g/mol. The molecule has 1 aromatic rings. The third-order valence-electron chi connectivity index (χ3n) is 1.10. The molecule has 0 aliphatic rings. The third-order valence-corrected chi connectivity index (χ3v) is 1.62. The number of ether oxygens (including phenoxy) is 1. The molecule has 0 saturated heterocycles. The van der Waals surface area contributed by atoms with Crippen molar-refractivity contribution in [3.05, 3.63) is 20.1 Å². The summed E-state index contributed by atoms with van der Waals surface area (Å²) < 4.78 is 5.10. The Balaban J connectivity index is 3.20. The molecule has 0 atom stereocenters. The van der Waals surface area contributed by atoms with E-state index in [1.165, 1.54) is 7.11 Å². The second kappa shape index (κ2) is 3.61. The van der Waals surface area contributed by atoms with Crippen LogP contribution in [-0.4, -0.2) is 22.0 Å². The van der Waals surface area contributed by atoms with Crippen LogP contribution in [0.3, 0.4) is 0 Å². The van der Waals surface area contributed by atoms with Gasteiger partial charge in [-0.25, -0.2) is 4.98 Å². The lowest BCUT2D eigenvalue weighted by atomic mass is 10.5. The molecule has 64 valence electrons. The summed E-state index contributed by atoms with van der Waals surface area (Å²) in [5.41, 5.74) is -0.224. The van der Waals surface area contributed by atoms with Gasteiger partial charge in [0.15, 0.2) is 3.83 Å². The van der Waals surface area contributed by atoms with Crippen molar-refractivity contribution in [3.8, 4) is 5.88 Å². The summed E-state index contributed by atoms with van der Waals surface area (Å²) in [5.74, 6) is -0.0144. The van der Waals surface area contributed by atoms with Crippen LogP contribution in [0.2, 0.25) is 0 Å². The van der Waals surface area contributed by atoms with Crippen LogP contribution in [0.4, 0.5) is 5.69 Å². The molecule has 7 heteroatoms. The van der Waals surface area contributed by atoms with E-state index >= 15 is 0 Å². The number of nitrogens with zero attached hydrogens (tertiary/aromatic N) is 3. The highest BCUT2D eigenvalue weighted by atomic mass is 127. The van der Waals surface area contributed by atoms with Gasteiger partial charge in [-0.2, -0.15) is 4.98 Å². The molecule has 1 rings (SSSR count). The summed E-state index contributed by atoms with van der Waals surface area (Å²) in [6, 6.07) is 0. The van der Waals surface area contributed by atoms with Crippen LogP contribution in [0.5, 0.6) is 5.88 Å². The number of rotatable bonds is 2. The second-order valence-electron chi connectivity index (χ2n) is 1.79. The van der Waals surface area contributed by atoms with E-state index in [-0.39, 0.29) is 11.6 Å². The lowest BCUT2D eigenvalue weighted by Crippen LogP contribution is -1.99. The van der Waals surface area contributed by atoms with E-state index in [4.69, 9.17) is 0 Å². The fourth-order valence-corrected chi connectivity index (χ4v) is 0.973. The first-order valence-corrected chi connectivity index (χ1v) is 3.94. The van der Waals surface area contributed by atoms with Crippen molar-refractivity contribution in [3.63, 3.8) is 0 Å². The van der Waals surface area contributed by atoms with E-state index in [0.717, 1.165) is 6.20 Å². The molecule has 0 spiro atoms. The van der Waals surface area contributed by atoms with Gasteiger partial charge >= 0.3 is 5.69 Å². The minimum Gasteiger partial charge on any atom is -0.476 e. The summed E-state index contributed by atoms with van der Waals surface area (Å²) in [5, 5.41) is 10.3. The maximum absolute atomic E-state index is 10.3. The average Bonchev–Trinajstić information content (AvgIpc) is 2.03. The van der Waals surface area contributed by atoms with Gasteiger partial charge in [0.05, 0.1) is 12.0 Å². The molecule has 0 amide bonds. The largest absolute Gasteiger partial charge is 0.476 e. The van der Waals surface area contributed by atoms with E-state index in [9.17, 15) is 10.1 Å². The molecule has 1 aromatic heterocycles. The predicted octanol–water partition coefficient (Wildman–Crippen LogP) is 0.998. The van der Waals surface area contributed by atoms with Crippen molar-refractivity contribution in [1.82, 2.24) is 9.97 Å². The second-order valence-corrected chi connectivity index (χ2v) is 2.76. The molecule has 0 radical (unpaired) electrons. The molecule has 0 saturated carbocycles. The average molecular weight is 281 g/mol. The van der Waals surface area contributed by atoms with Gasteiger partial charge in [-0.15, -0.1) is 0 Å². The third kappa shape index (κ3) is 1.78. The molecule has 0 aliphatic carbocycles. The summed E-state index contributed by atoms with van der Waals surface area (Å²) in [6.07, 6.45) is 1.12. The monoisotopic (exact) mass is 281 g/mol. The topological polar surface area (TPSA) is 78.2 Å². The van der Waals surface area contributed by atoms with Gasteiger partial charge in [-0.1, -0.05) is 0 Å². The highest BCUT2D eigenvalue weighted by molar-refractivity contribution is 14.1. The summed E-state index contributed by atoms with van der Waals surface area (Å²) >= 11 is 1.84. The number of aromatic nitrogens is 2. The number of nitro groups is 1. The highest BCUT2D eigenvalue weighted by Gasteiger charge is 2.16. The van der Waals surface area contributed by atoms with Crippen LogP contribution < -0.4 is 4.74 Å². The van der Waals surface area contributed by atoms with Crippen LogP contribution in [0, 0.1) is 13.9 Å². The lowest BCUT2D eigenvalue weighted by molar-refractivity contribution is -0.386. The Morgan fingerprint density at radius 1 is 1.75 bits per heavy atom. The first-order valence-electron chi connectivity index (χ1n) is 2.86. The Kier molecular flexibility index (Phi) is 2.74. The standard InChI is InChI=1S/C5H4IN3O3/c1-12-4-3(9(10)11)2-7-5(6)8-4/h2H,1H3. The van der Waals surface area contributed by atoms with Crippen LogP contribution >= 0.6 is 22.6 Å². The summed E-state index contributed by atoms with van der Waals surface area (Å²) in [4.78, 5) is 17.1. The zero-order chi connectivity index (χ0) is 9.14. The van der Waals surface area contributed by atoms with Crippen molar-refractivity contribution in [2.24, 2.45) is 0 Å². The minimum atomic E-state index is -0.588. The van der Waals surface area contributed by atoms with Gasteiger partial charge in [-0.05, 0) is 0 Å². The molecule has 0 bridgehead atoms. The van der Waals surface area contributed by atoms with Gasteiger partial charge < -0.3 is 4.74 Å². The molecule has 0 fully saturated rings. The number of halogens is 1. The van der Waals surface area contributed by atoms with E-state index < -0.39 is 4.92 Å². The Morgan fingerprint density at radius 2 is 2.42 bits per heavy atom. The van der Waals surface area contributed by atoms with Crippen LogP contribution in [0.15, 0.2) is 6.20 Å². The molecular formula is C5H4IN3O3. The molecule has 1 heterocycles. The van der Waals surface area contributed by atoms with Crippen molar-refractivity contribution in [2.45, 2.75) is 0 Å². The lowest BCUT2D eigenvalue weighted by Gasteiger charge is -1.98. The van der Waals surface area contributed by atoms with Crippen LogP contribution in [-0.2, 0) is 0 Å². The number of methoxy groups -OCH3 is 1. The van der Waals surface area contributed by atoms with Gasteiger partial charge in [0, 0.05) is 22.6 Å². The maximum Gasteiger partial charge on any atom is 0.349 e. The maximum atomic E-state index is 10.3. The Bertz CT molecular complexity index is 317. The van der Waals surface area contributed by atoms with E-state index in [0.29, 0.717) is 3.83 Å². The number of hydrogen-bond acceptors (Lipinski definition) is 5. The predicted molar refractivity (Wildman–Crippen MR) is 48.0 cm³/mol. The van der Waals surface area contributed by atoms with Crippen molar-refractivity contribution in [2.75, 3.05) is 7.11 Å². The zero-order valence-electron chi connectivity index (χ0n) is 6.02. The zero-order valence-corrected chi connectivity index (χ0v) is 8.18. The minimum absolute atomic E-state index is 0.0144. The fourth-order valence-electron chi connectivity index (χ4n) is 0.615. The van der Waals surface area contributed by atoms with Crippen molar-refractivity contribution >= 4 is 28.3 Å². The van der Waals surface area contributed by atoms with Crippen LogP contribution in [0.1, 0.15) is 0 Å². The van der Waals surface area contributed by atoms with E-state index in [2.05, 4.69) is 14.7 Å². The van der Waals surface area contributed by atoms with Crippen LogP contribution in [0.25, 0.3) is 0 Å². The van der Waals surface area contributed by atoms with Crippen molar-refractivity contribution < 1.29 is 9.66 Å². The van der Waals surface area contributed by atoms with Gasteiger partial charge in [0.1, 0.15) is 6.20 Å². The Hall–Kier alpha value is -0.990. The Labute approximate surface area is 81.3 Å². The fraction of sp³-hybridized carbons (Fsp3) is 0.200. The van der Waals surface area contributed by atoms with E-state index in [1.807, 2.05) is 22.6 Å². The first kappa shape index (κ1) is 9.10. The van der Waals surface area contributed by atoms with Gasteiger partial charge in [0.25, 0.3) is 5.88 Å². The summed E-state index contributed by atoms with van der Waals surface area (Å²) in [6.45, 7) is 0. The molecule has 0 aromatic carbocycles.